The molecule has 0 spiro atoms. The van der Waals surface area contributed by atoms with Crippen LogP contribution in [0.15, 0.2) is 12.1 Å². The Labute approximate surface area is 134 Å². The van der Waals surface area contributed by atoms with Crippen LogP contribution in [-0.4, -0.2) is 24.7 Å². The van der Waals surface area contributed by atoms with Crippen LogP contribution in [0, 0.1) is 13.8 Å². The molecule has 0 fully saturated rings. The van der Waals surface area contributed by atoms with Crippen LogP contribution < -0.4 is 10.1 Å². The largest absolute Gasteiger partial charge is 0.490 e. The van der Waals surface area contributed by atoms with Gasteiger partial charge in [-0.05, 0) is 63.8 Å². The highest BCUT2D eigenvalue weighted by atomic mass is 16.5. The maximum atomic E-state index is 12.4. The molecule has 0 unspecified atom stereocenters. The number of rotatable bonds is 7. The monoisotopic (exact) mass is 307 g/mol. The first-order valence-corrected chi connectivity index (χ1v) is 7.91. The molecule has 1 aromatic carbocycles. The number of anilines is 1. The van der Waals surface area contributed by atoms with Gasteiger partial charge in [-0.2, -0.15) is 0 Å². The zero-order valence-corrected chi connectivity index (χ0v) is 14.9. The molecule has 0 aliphatic carbocycles. The number of hydrogen-bond acceptors (Lipinski definition) is 3. The van der Waals surface area contributed by atoms with Gasteiger partial charge in [-0.1, -0.05) is 13.8 Å². The first kappa shape index (κ1) is 18.5. The van der Waals surface area contributed by atoms with E-state index in [9.17, 15) is 4.79 Å². The van der Waals surface area contributed by atoms with Crippen LogP contribution in [0.2, 0.25) is 0 Å². The lowest BCUT2D eigenvalue weighted by atomic mass is 10.0. The van der Waals surface area contributed by atoms with Crippen molar-refractivity contribution in [2.75, 3.05) is 12.4 Å². The van der Waals surface area contributed by atoms with Gasteiger partial charge in [0, 0.05) is 12.8 Å². The molecule has 4 nitrogen and oxygen atoms in total. The standard InChI is InChI=1S/C18H29NO3/c1-8-14(5)22-16-12(3)10-15(11-13(16)4)19-17(20)18(6,9-2)21-7/h10-11,14H,8-9H2,1-7H3,(H,19,20)/t14-,18+/m1/s1. The van der Waals surface area contributed by atoms with Crippen LogP contribution in [0.25, 0.3) is 0 Å². The first-order chi connectivity index (χ1) is 10.3. The topological polar surface area (TPSA) is 47.6 Å². The van der Waals surface area contributed by atoms with Crippen LogP contribution in [0.3, 0.4) is 0 Å². The number of ether oxygens (including phenoxy) is 2. The smallest absolute Gasteiger partial charge is 0.256 e. The molecule has 1 rings (SSSR count). The molecular formula is C18H29NO3. The Hall–Kier alpha value is -1.55. The zero-order chi connectivity index (χ0) is 16.9. The molecule has 0 aliphatic heterocycles. The predicted octanol–water partition coefficient (Wildman–Crippen LogP) is 4.23. The van der Waals surface area contributed by atoms with Crippen LogP contribution in [0.1, 0.15) is 51.7 Å². The molecule has 22 heavy (non-hydrogen) atoms. The van der Waals surface area contributed by atoms with Crippen LogP contribution >= 0.6 is 0 Å². The third-order valence-electron chi connectivity index (χ3n) is 4.22. The number of nitrogens with one attached hydrogen (secondary N) is 1. The quantitative estimate of drug-likeness (QED) is 0.820. The molecule has 1 amide bonds. The number of benzene rings is 1. The first-order valence-electron chi connectivity index (χ1n) is 7.91. The molecular weight excluding hydrogens is 278 g/mol. The second-order valence-corrected chi connectivity index (χ2v) is 6.02. The summed E-state index contributed by atoms with van der Waals surface area (Å²) in [6.07, 6.45) is 1.75. The highest BCUT2D eigenvalue weighted by Crippen LogP contribution is 2.29. The Kier molecular flexibility index (Phi) is 6.42. The lowest BCUT2D eigenvalue weighted by Gasteiger charge is -2.25. The zero-order valence-electron chi connectivity index (χ0n) is 14.9. The summed E-state index contributed by atoms with van der Waals surface area (Å²) >= 11 is 0. The predicted molar refractivity (Wildman–Crippen MR) is 90.6 cm³/mol. The Morgan fingerprint density at radius 2 is 1.82 bits per heavy atom. The number of hydrogen-bond donors (Lipinski definition) is 1. The van der Waals surface area contributed by atoms with E-state index in [-0.39, 0.29) is 12.0 Å². The highest BCUT2D eigenvalue weighted by molar-refractivity contribution is 5.97. The van der Waals surface area contributed by atoms with Gasteiger partial charge in [0.05, 0.1) is 6.10 Å². The van der Waals surface area contributed by atoms with Gasteiger partial charge in [0.25, 0.3) is 5.91 Å². The van der Waals surface area contributed by atoms with Gasteiger partial charge in [-0.3, -0.25) is 4.79 Å². The van der Waals surface area contributed by atoms with Gasteiger partial charge in [-0.15, -0.1) is 0 Å². The molecule has 124 valence electrons. The number of methoxy groups -OCH3 is 1. The minimum atomic E-state index is -0.812. The second kappa shape index (κ2) is 7.63. The molecule has 0 bridgehead atoms. The molecule has 1 N–H and O–H groups in total. The van der Waals surface area contributed by atoms with Gasteiger partial charge in [0.1, 0.15) is 11.4 Å². The minimum absolute atomic E-state index is 0.133. The Balaban J connectivity index is 2.98. The Morgan fingerprint density at radius 3 is 2.23 bits per heavy atom. The molecule has 0 saturated heterocycles. The third-order valence-corrected chi connectivity index (χ3v) is 4.22. The van der Waals surface area contributed by atoms with E-state index in [1.165, 1.54) is 0 Å². The summed E-state index contributed by atoms with van der Waals surface area (Å²) in [5, 5.41) is 2.94. The lowest BCUT2D eigenvalue weighted by Crippen LogP contribution is -2.41. The number of amides is 1. The van der Waals surface area contributed by atoms with Crippen molar-refractivity contribution in [1.29, 1.82) is 0 Å². The van der Waals surface area contributed by atoms with Crippen molar-refractivity contribution >= 4 is 11.6 Å². The molecule has 0 aromatic heterocycles. The van der Waals surface area contributed by atoms with E-state index >= 15 is 0 Å². The maximum absolute atomic E-state index is 12.4. The molecule has 0 heterocycles. The molecule has 0 radical (unpaired) electrons. The Morgan fingerprint density at radius 1 is 1.27 bits per heavy atom. The van der Waals surface area contributed by atoms with E-state index in [1.807, 2.05) is 32.9 Å². The van der Waals surface area contributed by atoms with E-state index in [0.29, 0.717) is 6.42 Å². The fourth-order valence-electron chi connectivity index (χ4n) is 2.15. The van der Waals surface area contributed by atoms with Crippen molar-refractivity contribution < 1.29 is 14.3 Å². The summed E-state index contributed by atoms with van der Waals surface area (Å²) in [7, 11) is 1.56. The Bertz CT molecular complexity index is 498. The average molecular weight is 307 g/mol. The van der Waals surface area contributed by atoms with Gasteiger partial charge in [-0.25, -0.2) is 0 Å². The van der Waals surface area contributed by atoms with Gasteiger partial charge in [0.2, 0.25) is 0 Å². The number of carbonyl (C=O) groups excluding carboxylic acids is 1. The fourth-order valence-corrected chi connectivity index (χ4v) is 2.15. The van der Waals surface area contributed by atoms with E-state index in [2.05, 4.69) is 19.2 Å². The molecule has 2 atom stereocenters. The van der Waals surface area contributed by atoms with E-state index < -0.39 is 5.60 Å². The van der Waals surface area contributed by atoms with Crippen molar-refractivity contribution in [2.24, 2.45) is 0 Å². The van der Waals surface area contributed by atoms with Crippen molar-refractivity contribution in [1.82, 2.24) is 0 Å². The van der Waals surface area contributed by atoms with Crippen LogP contribution in [0.5, 0.6) is 5.75 Å². The third kappa shape index (κ3) is 4.23. The van der Waals surface area contributed by atoms with Gasteiger partial charge in [0.15, 0.2) is 0 Å². The van der Waals surface area contributed by atoms with Gasteiger partial charge >= 0.3 is 0 Å². The van der Waals surface area contributed by atoms with Crippen molar-refractivity contribution in [2.45, 2.75) is 66.1 Å². The fraction of sp³-hybridized carbons (Fsp3) is 0.611. The summed E-state index contributed by atoms with van der Waals surface area (Å²) < 4.78 is 11.3. The van der Waals surface area contributed by atoms with Crippen LogP contribution in [0.4, 0.5) is 5.69 Å². The van der Waals surface area contributed by atoms with Crippen molar-refractivity contribution in [3.63, 3.8) is 0 Å². The SMILES string of the molecule is CC[C@@H](C)Oc1c(C)cc(NC(=O)[C@](C)(CC)OC)cc1C. The maximum Gasteiger partial charge on any atom is 0.256 e. The molecule has 4 heteroatoms. The highest BCUT2D eigenvalue weighted by Gasteiger charge is 2.31. The van der Waals surface area contributed by atoms with Crippen molar-refractivity contribution in [3.8, 4) is 5.75 Å². The lowest BCUT2D eigenvalue weighted by molar-refractivity contribution is -0.136. The van der Waals surface area contributed by atoms with Gasteiger partial charge < -0.3 is 14.8 Å². The summed E-state index contributed by atoms with van der Waals surface area (Å²) in [5.41, 5.74) is 2.00. The normalized spacial score (nSPS) is 15.0. The summed E-state index contributed by atoms with van der Waals surface area (Å²) in [6.45, 7) is 11.9. The van der Waals surface area contributed by atoms with E-state index in [0.717, 1.165) is 29.0 Å². The number of carbonyl (C=O) groups is 1. The minimum Gasteiger partial charge on any atom is -0.490 e. The molecule has 0 aliphatic rings. The van der Waals surface area contributed by atoms with E-state index in [4.69, 9.17) is 9.47 Å². The summed E-state index contributed by atoms with van der Waals surface area (Å²) in [6, 6.07) is 3.88. The van der Waals surface area contributed by atoms with Crippen molar-refractivity contribution in [3.05, 3.63) is 23.3 Å². The average Bonchev–Trinajstić information content (AvgIpc) is 2.49. The second-order valence-electron chi connectivity index (χ2n) is 6.02. The summed E-state index contributed by atoms with van der Waals surface area (Å²) in [4.78, 5) is 12.4. The van der Waals surface area contributed by atoms with E-state index in [1.54, 1.807) is 14.0 Å². The van der Waals surface area contributed by atoms with Crippen LogP contribution in [-0.2, 0) is 9.53 Å². The summed E-state index contributed by atoms with van der Waals surface area (Å²) in [5.74, 6) is 0.768. The molecule has 1 aromatic rings. The molecule has 0 saturated carbocycles. The number of aryl methyl sites for hydroxylation is 2.